The van der Waals surface area contributed by atoms with E-state index in [1.54, 1.807) is 18.2 Å². The van der Waals surface area contributed by atoms with Crippen LogP contribution in [0.25, 0.3) is 22.4 Å². The van der Waals surface area contributed by atoms with Gasteiger partial charge in [0.05, 0.1) is 38.3 Å². The molecule has 0 fully saturated rings. The van der Waals surface area contributed by atoms with Gasteiger partial charge in [-0.2, -0.15) is 5.26 Å². The molecule has 0 atom stereocenters. The fourth-order valence-corrected chi connectivity index (χ4v) is 5.28. The van der Waals surface area contributed by atoms with Crippen molar-refractivity contribution in [1.82, 2.24) is 4.98 Å². The molecule has 0 radical (unpaired) electrons. The van der Waals surface area contributed by atoms with E-state index < -0.39 is 5.82 Å². The first kappa shape index (κ1) is 28.9. The van der Waals surface area contributed by atoms with Gasteiger partial charge in [0.25, 0.3) is 0 Å². The maximum Gasteiger partial charge on any atom is 0.225 e. The van der Waals surface area contributed by atoms with Gasteiger partial charge in [-0.3, -0.25) is 4.79 Å². The van der Waals surface area contributed by atoms with E-state index in [1.807, 2.05) is 36.4 Å². The first-order valence-corrected chi connectivity index (χ1v) is 13.8. The van der Waals surface area contributed by atoms with Crippen molar-refractivity contribution in [3.63, 3.8) is 0 Å². The molecule has 0 aliphatic rings. The number of carbonyl (C=O) groups is 1. The molecule has 0 unspecified atom stereocenters. The molecule has 10 heteroatoms. The lowest BCUT2D eigenvalue weighted by Gasteiger charge is -2.16. The number of hydrogen-bond acceptors (Lipinski definition) is 7. The summed E-state index contributed by atoms with van der Waals surface area (Å²) in [4.78, 5) is 17.3. The Kier molecular flexibility index (Phi) is 9.64. The van der Waals surface area contributed by atoms with Crippen LogP contribution in [0.15, 0.2) is 76.2 Å². The molecule has 0 saturated heterocycles. The van der Waals surface area contributed by atoms with Crippen LogP contribution in [0.2, 0.25) is 0 Å². The zero-order chi connectivity index (χ0) is 28.6. The third-order valence-electron chi connectivity index (χ3n) is 5.92. The molecule has 40 heavy (non-hydrogen) atoms. The maximum atomic E-state index is 14.1. The topological polar surface area (TPSA) is 93.5 Å². The molecule has 0 aliphatic heterocycles. The van der Waals surface area contributed by atoms with Gasteiger partial charge in [0.15, 0.2) is 11.5 Å². The number of methoxy groups -OCH3 is 3. The van der Waals surface area contributed by atoms with Crippen molar-refractivity contribution < 1.29 is 23.4 Å². The number of hydrogen-bond donors (Lipinski definition) is 1. The quantitative estimate of drug-likeness (QED) is 0.185. The number of anilines is 1. The molecule has 1 N–H and O–H groups in total. The predicted octanol–water partition coefficient (Wildman–Crippen LogP) is 7.34. The van der Waals surface area contributed by atoms with E-state index >= 15 is 0 Å². The molecule has 1 aromatic heterocycles. The first-order chi connectivity index (χ1) is 19.4. The van der Waals surface area contributed by atoms with Gasteiger partial charge in [0.2, 0.25) is 11.7 Å². The van der Waals surface area contributed by atoms with Crippen molar-refractivity contribution in [1.29, 1.82) is 5.26 Å². The van der Waals surface area contributed by atoms with Gasteiger partial charge in [-0.15, -0.1) is 11.8 Å². The van der Waals surface area contributed by atoms with Gasteiger partial charge in [0.1, 0.15) is 16.9 Å². The average molecular weight is 623 g/mol. The van der Waals surface area contributed by atoms with Crippen LogP contribution < -0.4 is 19.5 Å². The zero-order valence-electron chi connectivity index (χ0n) is 22.0. The van der Waals surface area contributed by atoms with Gasteiger partial charge < -0.3 is 19.5 Å². The molecule has 4 aromatic rings. The molecule has 0 aliphatic carbocycles. The lowest BCUT2D eigenvalue weighted by atomic mass is 9.98. The van der Waals surface area contributed by atoms with E-state index in [9.17, 15) is 14.4 Å². The lowest BCUT2D eigenvalue weighted by Crippen LogP contribution is -2.13. The highest BCUT2D eigenvalue weighted by Gasteiger charge is 2.20. The Bertz CT molecular complexity index is 1550. The van der Waals surface area contributed by atoms with Crippen molar-refractivity contribution >= 4 is 39.3 Å². The first-order valence-electron chi connectivity index (χ1n) is 12.1. The van der Waals surface area contributed by atoms with Crippen molar-refractivity contribution in [3.8, 4) is 45.7 Å². The predicted molar refractivity (Wildman–Crippen MR) is 158 cm³/mol. The minimum Gasteiger partial charge on any atom is -0.493 e. The number of nitriles is 1. The molecule has 1 heterocycles. The Hall–Kier alpha value is -4.07. The Morgan fingerprint density at radius 1 is 1.00 bits per heavy atom. The van der Waals surface area contributed by atoms with Crippen LogP contribution >= 0.6 is 27.7 Å². The molecule has 7 nitrogen and oxygen atoms in total. The van der Waals surface area contributed by atoms with E-state index in [1.165, 1.54) is 45.2 Å². The molecule has 0 bridgehead atoms. The monoisotopic (exact) mass is 621 g/mol. The summed E-state index contributed by atoms with van der Waals surface area (Å²) in [5.41, 5.74) is 3.27. The van der Waals surface area contributed by atoms with Gasteiger partial charge in [-0.05, 0) is 42.0 Å². The van der Waals surface area contributed by atoms with Gasteiger partial charge in [-0.1, -0.05) is 46.3 Å². The molecule has 0 spiro atoms. The number of benzene rings is 3. The number of halogens is 2. The van der Waals surface area contributed by atoms with E-state index in [-0.39, 0.29) is 18.0 Å². The van der Waals surface area contributed by atoms with Crippen LogP contribution in [0, 0.1) is 17.1 Å². The number of rotatable bonds is 10. The number of nitrogens with one attached hydrogen (secondary N) is 1. The van der Waals surface area contributed by atoms with Crippen LogP contribution in [-0.2, 0) is 4.79 Å². The number of thioether (sulfide) groups is 1. The molecular formula is C30H25BrFN3O4S. The van der Waals surface area contributed by atoms with Crippen molar-refractivity contribution in [2.75, 3.05) is 32.4 Å². The number of pyridine rings is 1. The van der Waals surface area contributed by atoms with Gasteiger partial charge >= 0.3 is 0 Å². The average Bonchev–Trinajstić information content (AvgIpc) is 2.97. The summed E-state index contributed by atoms with van der Waals surface area (Å²) in [5, 5.41) is 13.3. The third-order valence-corrected chi connectivity index (χ3v) is 7.39. The van der Waals surface area contributed by atoms with E-state index in [0.717, 1.165) is 5.56 Å². The molecule has 0 saturated carbocycles. The summed E-state index contributed by atoms with van der Waals surface area (Å²) >= 11 is 4.48. The van der Waals surface area contributed by atoms with E-state index in [4.69, 9.17) is 19.2 Å². The van der Waals surface area contributed by atoms with Crippen LogP contribution in [-0.4, -0.2) is 38.0 Å². The van der Waals surface area contributed by atoms with Crippen LogP contribution in [0.3, 0.4) is 0 Å². The van der Waals surface area contributed by atoms with Crippen LogP contribution in [0.1, 0.15) is 12.0 Å². The van der Waals surface area contributed by atoms with Crippen LogP contribution in [0.5, 0.6) is 17.2 Å². The number of nitrogens with zero attached hydrogens (tertiary/aromatic N) is 2. The van der Waals surface area contributed by atoms with Crippen molar-refractivity contribution in [3.05, 3.63) is 82.6 Å². The summed E-state index contributed by atoms with van der Waals surface area (Å²) in [6.45, 7) is 0. The molecule has 204 valence electrons. The molecule has 1 amide bonds. The summed E-state index contributed by atoms with van der Waals surface area (Å²) in [7, 11) is 4.58. The third kappa shape index (κ3) is 6.55. The second-order valence-corrected chi connectivity index (χ2v) is 10.4. The minimum absolute atomic E-state index is 0.0851. The fraction of sp³-hybridized carbons (Fsp3) is 0.167. The second-order valence-electron chi connectivity index (χ2n) is 8.40. The number of aromatic nitrogens is 1. The Labute approximate surface area is 244 Å². The summed E-state index contributed by atoms with van der Waals surface area (Å²) in [5.74, 6) is 0.770. The molecular weight excluding hydrogens is 597 g/mol. The van der Waals surface area contributed by atoms with Gasteiger partial charge in [0, 0.05) is 27.8 Å². The minimum atomic E-state index is -0.533. The largest absolute Gasteiger partial charge is 0.493 e. The SMILES string of the molecule is COc1cc(-c2cc(-c3ccccc3)nc(SCCC(=O)Nc3ccc(Br)cc3F)c2C#N)cc(OC)c1OC. The van der Waals surface area contributed by atoms with E-state index in [2.05, 4.69) is 27.3 Å². The second kappa shape index (κ2) is 13.3. The highest BCUT2D eigenvalue weighted by Crippen LogP contribution is 2.43. The van der Waals surface area contributed by atoms with E-state index in [0.29, 0.717) is 54.9 Å². The standard InChI is InChI=1S/C30H25BrFN3O4S/c1-37-26-13-19(14-27(38-2)29(26)39-3)21-16-25(18-7-5-4-6-8-18)35-30(22(21)17-33)40-12-11-28(36)34-24-10-9-20(31)15-23(24)32/h4-10,13-16H,11-12H2,1-3H3,(H,34,36). The smallest absolute Gasteiger partial charge is 0.225 e. The number of carbonyl (C=O) groups excluding carboxylic acids is 1. The summed E-state index contributed by atoms with van der Waals surface area (Å²) in [6, 6.07) is 21.7. The zero-order valence-corrected chi connectivity index (χ0v) is 24.4. The summed E-state index contributed by atoms with van der Waals surface area (Å²) in [6.07, 6.45) is 0.0851. The Balaban J connectivity index is 1.69. The summed E-state index contributed by atoms with van der Waals surface area (Å²) < 4.78 is 31.2. The normalized spacial score (nSPS) is 10.5. The number of amides is 1. The Morgan fingerprint density at radius 2 is 1.70 bits per heavy atom. The Morgan fingerprint density at radius 3 is 2.30 bits per heavy atom. The number of ether oxygens (including phenoxy) is 3. The maximum absolute atomic E-state index is 14.1. The van der Waals surface area contributed by atoms with Crippen LogP contribution in [0.4, 0.5) is 10.1 Å². The molecule has 4 rings (SSSR count). The van der Waals surface area contributed by atoms with Crippen molar-refractivity contribution in [2.45, 2.75) is 11.4 Å². The highest BCUT2D eigenvalue weighted by molar-refractivity contribution is 9.10. The highest BCUT2D eigenvalue weighted by atomic mass is 79.9. The molecule has 3 aromatic carbocycles. The van der Waals surface area contributed by atoms with Gasteiger partial charge in [-0.25, -0.2) is 9.37 Å². The fourth-order valence-electron chi connectivity index (χ4n) is 4.00. The van der Waals surface area contributed by atoms with Crippen molar-refractivity contribution in [2.24, 2.45) is 0 Å². The lowest BCUT2D eigenvalue weighted by molar-refractivity contribution is -0.115.